The normalized spacial score (nSPS) is 15.1. The predicted molar refractivity (Wildman–Crippen MR) is 88.4 cm³/mol. The molecule has 1 aliphatic heterocycles. The minimum atomic E-state index is -0.0110. The van der Waals surface area contributed by atoms with Gasteiger partial charge >= 0.3 is 0 Å². The van der Waals surface area contributed by atoms with Crippen molar-refractivity contribution >= 4 is 22.6 Å². The molecule has 116 valence electrons. The van der Waals surface area contributed by atoms with E-state index in [0.29, 0.717) is 18.8 Å². The fourth-order valence-corrected chi connectivity index (χ4v) is 2.96. The average molecular weight is 307 g/mol. The van der Waals surface area contributed by atoms with Crippen molar-refractivity contribution in [1.29, 1.82) is 0 Å². The summed E-state index contributed by atoms with van der Waals surface area (Å²) in [6.45, 7) is 2.92. The van der Waals surface area contributed by atoms with Crippen LogP contribution in [-0.2, 0) is 0 Å². The topological polar surface area (TPSA) is 65.1 Å². The van der Waals surface area contributed by atoms with E-state index >= 15 is 0 Å². The van der Waals surface area contributed by atoms with Crippen LogP contribution in [0.5, 0.6) is 0 Å². The molecular weight excluding hydrogens is 290 g/mol. The maximum atomic E-state index is 12.7. The molecule has 1 N–H and O–H groups in total. The summed E-state index contributed by atoms with van der Waals surface area (Å²) in [5.41, 5.74) is 1.40. The van der Waals surface area contributed by atoms with Gasteiger partial charge in [0, 0.05) is 37.8 Å². The number of anilines is 1. The number of aromatic amines is 1. The minimum Gasteiger partial charge on any atom is -0.353 e. The van der Waals surface area contributed by atoms with Crippen LogP contribution >= 0.6 is 0 Å². The highest BCUT2D eigenvalue weighted by molar-refractivity contribution is 6.04. The number of nitrogens with one attached hydrogen (secondary N) is 1. The summed E-state index contributed by atoms with van der Waals surface area (Å²) < 4.78 is 0. The lowest BCUT2D eigenvalue weighted by atomic mass is 10.2. The molecule has 0 bridgehead atoms. The van der Waals surface area contributed by atoms with Gasteiger partial charge in [-0.3, -0.25) is 9.89 Å². The number of hydrogen-bond donors (Lipinski definition) is 1. The van der Waals surface area contributed by atoms with Crippen LogP contribution in [0.3, 0.4) is 0 Å². The number of fused-ring (bicyclic) bond motifs is 1. The number of carbonyl (C=O) groups is 1. The number of nitrogens with zero attached hydrogens (tertiary/aromatic N) is 4. The highest BCUT2D eigenvalue weighted by atomic mass is 16.2. The fraction of sp³-hybridized carbons (Fsp3) is 0.235. The molecule has 0 atom stereocenters. The highest BCUT2D eigenvalue weighted by Gasteiger charge is 2.25. The first kappa shape index (κ1) is 13.8. The molecule has 6 heteroatoms. The second-order valence-corrected chi connectivity index (χ2v) is 5.58. The van der Waals surface area contributed by atoms with Gasteiger partial charge in [-0.15, -0.1) is 0 Å². The Kier molecular flexibility index (Phi) is 3.42. The van der Waals surface area contributed by atoms with E-state index in [9.17, 15) is 4.79 Å². The zero-order chi connectivity index (χ0) is 15.6. The van der Waals surface area contributed by atoms with Gasteiger partial charge in [0.05, 0.1) is 5.52 Å². The van der Waals surface area contributed by atoms with Crippen LogP contribution in [0.25, 0.3) is 10.9 Å². The number of hydrogen-bond acceptors (Lipinski definition) is 4. The van der Waals surface area contributed by atoms with Crippen molar-refractivity contribution in [2.75, 3.05) is 31.1 Å². The van der Waals surface area contributed by atoms with E-state index in [1.54, 1.807) is 6.20 Å². The third-order valence-electron chi connectivity index (χ3n) is 4.21. The molecule has 3 aromatic rings. The van der Waals surface area contributed by atoms with Gasteiger partial charge in [-0.2, -0.15) is 5.10 Å². The van der Waals surface area contributed by atoms with Crippen molar-refractivity contribution in [3.8, 4) is 0 Å². The maximum Gasteiger partial charge on any atom is 0.275 e. The summed E-state index contributed by atoms with van der Waals surface area (Å²) >= 11 is 0. The van der Waals surface area contributed by atoms with Crippen LogP contribution in [-0.4, -0.2) is 52.2 Å². The molecule has 4 rings (SSSR count). The van der Waals surface area contributed by atoms with Crippen LogP contribution < -0.4 is 4.90 Å². The Morgan fingerprint density at radius 3 is 2.57 bits per heavy atom. The molecule has 3 heterocycles. The SMILES string of the molecule is O=C(c1n[nH]c2ccccc12)N1CCN(c2ccccn2)CC1. The molecule has 6 nitrogen and oxygen atoms in total. The summed E-state index contributed by atoms with van der Waals surface area (Å²) in [7, 11) is 0. The quantitative estimate of drug-likeness (QED) is 0.785. The Bertz CT molecular complexity index is 821. The number of piperazine rings is 1. The monoisotopic (exact) mass is 307 g/mol. The first-order valence-electron chi connectivity index (χ1n) is 7.71. The lowest BCUT2D eigenvalue weighted by Crippen LogP contribution is -2.49. The first-order chi connectivity index (χ1) is 11.3. The van der Waals surface area contributed by atoms with Crippen molar-refractivity contribution in [2.24, 2.45) is 0 Å². The van der Waals surface area contributed by atoms with E-state index in [0.717, 1.165) is 29.8 Å². The van der Waals surface area contributed by atoms with Crippen molar-refractivity contribution in [3.63, 3.8) is 0 Å². The van der Waals surface area contributed by atoms with Crippen molar-refractivity contribution in [2.45, 2.75) is 0 Å². The second kappa shape index (κ2) is 5.72. The molecule has 1 amide bonds. The van der Waals surface area contributed by atoms with Gasteiger partial charge in [-0.05, 0) is 18.2 Å². The number of aromatic nitrogens is 3. The molecule has 0 aliphatic carbocycles. The summed E-state index contributed by atoms with van der Waals surface area (Å²) in [6, 6.07) is 13.6. The van der Waals surface area contributed by atoms with Crippen molar-refractivity contribution in [3.05, 3.63) is 54.4 Å². The summed E-state index contributed by atoms with van der Waals surface area (Å²) in [5.74, 6) is 0.952. The zero-order valence-electron chi connectivity index (χ0n) is 12.6. The third kappa shape index (κ3) is 2.52. The van der Waals surface area contributed by atoms with Crippen molar-refractivity contribution in [1.82, 2.24) is 20.1 Å². The Labute approximate surface area is 133 Å². The molecule has 1 aliphatic rings. The first-order valence-corrected chi connectivity index (χ1v) is 7.71. The lowest BCUT2D eigenvalue weighted by molar-refractivity contribution is 0.0742. The van der Waals surface area contributed by atoms with Gasteiger partial charge in [-0.1, -0.05) is 24.3 Å². The second-order valence-electron chi connectivity index (χ2n) is 5.58. The van der Waals surface area contributed by atoms with Crippen LogP contribution in [0, 0.1) is 0 Å². The average Bonchev–Trinajstić information content (AvgIpc) is 3.06. The zero-order valence-corrected chi connectivity index (χ0v) is 12.6. The van der Waals surface area contributed by atoms with Crippen LogP contribution in [0.4, 0.5) is 5.82 Å². The lowest BCUT2D eigenvalue weighted by Gasteiger charge is -2.35. The Balaban J connectivity index is 1.49. The van der Waals surface area contributed by atoms with E-state index in [2.05, 4.69) is 20.1 Å². The molecule has 2 aromatic heterocycles. The molecule has 0 unspecified atom stereocenters. The molecule has 1 aromatic carbocycles. The van der Waals surface area contributed by atoms with E-state index in [4.69, 9.17) is 0 Å². The number of para-hydroxylation sites is 1. The molecule has 1 saturated heterocycles. The van der Waals surface area contributed by atoms with E-state index in [-0.39, 0.29) is 5.91 Å². The van der Waals surface area contributed by atoms with Gasteiger partial charge in [0.25, 0.3) is 5.91 Å². The molecular formula is C17H17N5O. The summed E-state index contributed by atoms with van der Waals surface area (Å²) in [5, 5.41) is 8.01. The molecule has 1 fully saturated rings. The summed E-state index contributed by atoms with van der Waals surface area (Å²) in [4.78, 5) is 21.2. The minimum absolute atomic E-state index is 0.0110. The third-order valence-corrected chi connectivity index (χ3v) is 4.21. The van der Waals surface area contributed by atoms with Gasteiger partial charge in [0.15, 0.2) is 5.69 Å². The molecule has 0 radical (unpaired) electrons. The summed E-state index contributed by atoms with van der Waals surface area (Å²) in [6.07, 6.45) is 1.79. The number of pyridine rings is 1. The van der Waals surface area contributed by atoms with Gasteiger partial charge in [-0.25, -0.2) is 4.98 Å². The Morgan fingerprint density at radius 2 is 1.78 bits per heavy atom. The van der Waals surface area contributed by atoms with Crippen LogP contribution in [0.2, 0.25) is 0 Å². The number of H-pyrrole nitrogens is 1. The smallest absolute Gasteiger partial charge is 0.275 e. The number of carbonyl (C=O) groups excluding carboxylic acids is 1. The highest BCUT2D eigenvalue weighted by Crippen LogP contribution is 2.19. The molecule has 0 spiro atoms. The van der Waals surface area contributed by atoms with E-state index < -0.39 is 0 Å². The van der Waals surface area contributed by atoms with Gasteiger partial charge in [0.2, 0.25) is 0 Å². The van der Waals surface area contributed by atoms with Gasteiger partial charge in [0.1, 0.15) is 5.82 Å². The Hall–Kier alpha value is -2.89. The number of amides is 1. The maximum absolute atomic E-state index is 12.7. The number of benzene rings is 1. The largest absolute Gasteiger partial charge is 0.353 e. The van der Waals surface area contributed by atoms with E-state index in [1.165, 1.54) is 0 Å². The van der Waals surface area contributed by atoms with Crippen LogP contribution in [0.15, 0.2) is 48.7 Å². The fourth-order valence-electron chi connectivity index (χ4n) is 2.96. The van der Waals surface area contributed by atoms with Crippen LogP contribution in [0.1, 0.15) is 10.5 Å². The predicted octanol–water partition coefficient (Wildman–Crippen LogP) is 1.92. The van der Waals surface area contributed by atoms with E-state index in [1.807, 2.05) is 47.4 Å². The molecule has 23 heavy (non-hydrogen) atoms. The standard InChI is InChI=1S/C17H17N5O/c23-17(16-13-5-1-2-6-14(13)19-20-16)22-11-9-21(10-12-22)15-7-3-4-8-18-15/h1-8H,9-12H2,(H,19,20). The number of rotatable bonds is 2. The Morgan fingerprint density at radius 1 is 1.00 bits per heavy atom. The van der Waals surface area contributed by atoms with Gasteiger partial charge < -0.3 is 9.80 Å². The molecule has 0 saturated carbocycles. The van der Waals surface area contributed by atoms with Crippen molar-refractivity contribution < 1.29 is 4.79 Å².